The van der Waals surface area contributed by atoms with E-state index in [1.54, 1.807) is 0 Å². The summed E-state index contributed by atoms with van der Waals surface area (Å²) in [7, 11) is 1.88. The predicted octanol–water partition coefficient (Wildman–Crippen LogP) is 5.11. The van der Waals surface area contributed by atoms with Gasteiger partial charge in [-0.3, -0.25) is 10.1 Å². The van der Waals surface area contributed by atoms with Crippen LogP contribution in [0.3, 0.4) is 0 Å². The SMILES string of the molecule is CN(c1cccc2ccccc12)c1ncnc2cc(Cl)c([N+](=O)[O-])cc12. The molecule has 0 radical (unpaired) electrons. The third kappa shape index (κ3) is 2.60. The highest BCUT2D eigenvalue weighted by atomic mass is 35.5. The van der Waals surface area contributed by atoms with E-state index in [0.29, 0.717) is 16.7 Å². The number of fused-ring (bicyclic) bond motifs is 2. The molecule has 0 atom stereocenters. The molecule has 1 aromatic heterocycles. The van der Waals surface area contributed by atoms with Crippen molar-refractivity contribution in [1.29, 1.82) is 0 Å². The minimum absolute atomic E-state index is 0.0555. The Bertz CT molecular complexity index is 1160. The number of hydrogen-bond acceptors (Lipinski definition) is 5. The number of rotatable bonds is 3. The molecule has 128 valence electrons. The Labute approximate surface area is 153 Å². The monoisotopic (exact) mass is 364 g/mol. The van der Waals surface area contributed by atoms with Crippen LogP contribution >= 0.6 is 11.6 Å². The van der Waals surface area contributed by atoms with Crippen molar-refractivity contribution in [3.05, 3.63) is 76.1 Å². The minimum Gasteiger partial charge on any atom is -0.328 e. The highest BCUT2D eigenvalue weighted by Gasteiger charge is 2.19. The number of nitro groups is 1. The number of nitrogens with zero attached hydrogens (tertiary/aromatic N) is 4. The van der Waals surface area contributed by atoms with Crippen molar-refractivity contribution in [2.75, 3.05) is 11.9 Å². The molecule has 4 aromatic rings. The van der Waals surface area contributed by atoms with E-state index in [1.165, 1.54) is 18.5 Å². The first kappa shape index (κ1) is 16.2. The fraction of sp³-hybridized carbons (Fsp3) is 0.0526. The van der Waals surface area contributed by atoms with Gasteiger partial charge < -0.3 is 4.90 Å². The molecule has 0 fully saturated rings. The zero-order valence-electron chi connectivity index (χ0n) is 13.8. The van der Waals surface area contributed by atoms with Crippen molar-refractivity contribution in [1.82, 2.24) is 9.97 Å². The Balaban J connectivity index is 1.96. The molecule has 0 N–H and O–H groups in total. The van der Waals surface area contributed by atoms with Crippen molar-refractivity contribution in [3.63, 3.8) is 0 Å². The lowest BCUT2D eigenvalue weighted by atomic mass is 10.1. The van der Waals surface area contributed by atoms with Gasteiger partial charge in [-0.25, -0.2) is 9.97 Å². The quantitative estimate of drug-likeness (QED) is 0.373. The second kappa shape index (κ2) is 6.24. The summed E-state index contributed by atoms with van der Waals surface area (Å²) in [5.41, 5.74) is 1.33. The molecule has 0 saturated heterocycles. The van der Waals surface area contributed by atoms with Gasteiger partial charge in [0, 0.05) is 24.2 Å². The summed E-state index contributed by atoms with van der Waals surface area (Å²) in [6.45, 7) is 0. The fourth-order valence-electron chi connectivity index (χ4n) is 3.07. The molecule has 0 aliphatic heterocycles. The molecule has 4 rings (SSSR count). The van der Waals surface area contributed by atoms with Gasteiger partial charge in [-0.15, -0.1) is 0 Å². The third-order valence-corrected chi connectivity index (χ3v) is 4.63. The first-order valence-corrected chi connectivity index (χ1v) is 8.24. The highest BCUT2D eigenvalue weighted by molar-refractivity contribution is 6.33. The molecule has 0 unspecified atom stereocenters. The molecule has 26 heavy (non-hydrogen) atoms. The van der Waals surface area contributed by atoms with Gasteiger partial charge in [-0.1, -0.05) is 48.0 Å². The summed E-state index contributed by atoms with van der Waals surface area (Å²) in [4.78, 5) is 21.2. The summed E-state index contributed by atoms with van der Waals surface area (Å²) < 4.78 is 0. The molecule has 0 spiro atoms. The molecule has 0 saturated carbocycles. The third-order valence-electron chi connectivity index (χ3n) is 4.33. The molecule has 7 heteroatoms. The molecule has 0 aliphatic carbocycles. The van der Waals surface area contributed by atoms with Crippen LogP contribution in [0.15, 0.2) is 60.9 Å². The van der Waals surface area contributed by atoms with Gasteiger partial charge in [0.15, 0.2) is 0 Å². The van der Waals surface area contributed by atoms with E-state index in [9.17, 15) is 10.1 Å². The summed E-state index contributed by atoms with van der Waals surface area (Å²) in [6.07, 6.45) is 1.43. The highest BCUT2D eigenvalue weighted by Crippen LogP contribution is 2.36. The lowest BCUT2D eigenvalue weighted by Gasteiger charge is -2.21. The molecule has 3 aromatic carbocycles. The first-order chi connectivity index (χ1) is 12.6. The minimum atomic E-state index is -0.504. The second-order valence-corrected chi connectivity index (χ2v) is 6.24. The van der Waals surface area contributed by atoms with Crippen molar-refractivity contribution in [2.24, 2.45) is 0 Å². The van der Waals surface area contributed by atoms with Crippen LogP contribution < -0.4 is 4.90 Å². The lowest BCUT2D eigenvalue weighted by molar-refractivity contribution is -0.384. The smallest absolute Gasteiger partial charge is 0.288 e. The summed E-state index contributed by atoms with van der Waals surface area (Å²) in [5.74, 6) is 0.575. The first-order valence-electron chi connectivity index (χ1n) is 7.86. The van der Waals surface area contributed by atoms with Crippen molar-refractivity contribution < 1.29 is 4.92 Å². The lowest BCUT2D eigenvalue weighted by Crippen LogP contribution is -2.12. The zero-order chi connectivity index (χ0) is 18.3. The van der Waals surface area contributed by atoms with Gasteiger partial charge in [0.25, 0.3) is 5.69 Å². The average molecular weight is 365 g/mol. The Kier molecular flexibility index (Phi) is 3.89. The van der Waals surface area contributed by atoms with E-state index in [2.05, 4.69) is 9.97 Å². The van der Waals surface area contributed by atoms with Gasteiger partial charge in [0.2, 0.25) is 0 Å². The number of halogens is 1. The number of hydrogen-bond donors (Lipinski definition) is 0. The van der Waals surface area contributed by atoms with Crippen LogP contribution in [-0.4, -0.2) is 21.9 Å². The van der Waals surface area contributed by atoms with Crippen LogP contribution in [0.5, 0.6) is 0 Å². The summed E-state index contributed by atoms with van der Waals surface area (Å²) in [5, 5.41) is 14.0. The Morgan fingerprint density at radius 2 is 1.81 bits per heavy atom. The van der Waals surface area contributed by atoms with Crippen LogP contribution in [-0.2, 0) is 0 Å². The van der Waals surface area contributed by atoms with Crippen molar-refractivity contribution in [2.45, 2.75) is 0 Å². The molecule has 0 aliphatic rings. The van der Waals surface area contributed by atoms with E-state index in [1.807, 2.05) is 54.4 Å². The summed E-state index contributed by atoms with van der Waals surface area (Å²) >= 11 is 6.01. The largest absolute Gasteiger partial charge is 0.328 e. The van der Waals surface area contributed by atoms with E-state index < -0.39 is 4.92 Å². The van der Waals surface area contributed by atoms with Crippen LogP contribution in [0.4, 0.5) is 17.2 Å². The molecular formula is C19H13ClN4O2. The van der Waals surface area contributed by atoms with E-state index in [4.69, 9.17) is 11.6 Å². The van der Waals surface area contributed by atoms with Gasteiger partial charge in [0.05, 0.1) is 15.8 Å². The predicted molar refractivity (Wildman–Crippen MR) is 103 cm³/mol. The molecule has 0 amide bonds. The topological polar surface area (TPSA) is 72.2 Å². The fourth-order valence-corrected chi connectivity index (χ4v) is 3.30. The van der Waals surface area contributed by atoms with Crippen molar-refractivity contribution in [3.8, 4) is 0 Å². The van der Waals surface area contributed by atoms with E-state index in [0.717, 1.165) is 16.5 Å². The van der Waals surface area contributed by atoms with Crippen LogP contribution in [0.1, 0.15) is 0 Å². The molecule has 0 bridgehead atoms. The van der Waals surface area contributed by atoms with Crippen LogP contribution in [0.2, 0.25) is 5.02 Å². The number of aromatic nitrogens is 2. The summed E-state index contributed by atoms with van der Waals surface area (Å²) in [6, 6.07) is 16.9. The molecule has 6 nitrogen and oxygen atoms in total. The normalized spacial score (nSPS) is 11.0. The Morgan fingerprint density at radius 3 is 2.62 bits per heavy atom. The number of nitro benzene ring substituents is 1. The maximum Gasteiger partial charge on any atom is 0.288 e. The maximum absolute atomic E-state index is 11.3. The van der Waals surface area contributed by atoms with Gasteiger partial charge in [-0.2, -0.15) is 0 Å². The van der Waals surface area contributed by atoms with Crippen molar-refractivity contribution >= 4 is 50.5 Å². The van der Waals surface area contributed by atoms with Gasteiger partial charge >= 0.3 is 0 Å². The Morgan fingerprint density at radius 1 is 1.04 bits per heavy atom. The standard InChI is InChI=1S/C19H13ClN4O2/c1-23(17-8-4-6-12-5-2-3-7-13(12)17)19-14-9-18(24(25)26)15(20)10-16(14)21-11-22-19/h2-11H,1H3. The van der Waals surface area contributed by atoms with Crippen LogP contribution in [0, 0.1) is 10.1 Å². The molecule has 1 heterocycles. The maximum atomic E-state index is 11.3. The van der Waals surface area contributed by atoms with E-state index >= 15 is 0 Å². The zero-order valence-corrected chi connectivity index (χ0v) is 14.5. The van der Waals surface area contributed by atoms with Crippen LogP contribution in [0.25, 0.3) is 21.7 Å². The van der Waals surface area contributed by atoms with E-state index in [-0.39, 0.29) is 10.7 Å². The Hall–Kier alpha value is -3.25. The second-order valence-electron chi connectivity index (χ2n) is 5.83. The molecular weight excluding hydrogens is 352 g/mol. The number of benzene rings is 3. The average Bonchev–Trinajstić information content (AvgIpc) is 2.65. The van der Waals surface area contributed by atoms with Gasteiger partial charge in [0.1, 0.15) is 17.2 Å². The van der Waals surface area contributed by atoms with Gasteiger partial charge in [-0.05, 0) is 17.5 Å². The number of anilines is 2.